The van der Waals surface area contributed by atoms with Crippen LogP contribution in [-0.2, 0) is 6.54 Å². The maximum Gasteiger partial charge on any atom is 0.128 e. The third-order valence-electron chi connectivity index (χ3n) is 7.32. The molecule has 2 aliphatic rings. The molecule has 0 unspecified atom stereocenters. The van der Waals surface area contributed by atoms with Crippen molar-refractivity contribution in [2.75, 3.05) is 26.2 Å². The Labute approximate surface area is 221 Å². The second kappa shape index (κ2) is 9.65. The second-order valence-corrected chi connectivity index (χ2v) is 10.2. The molecule has 1 saturated carbocycles. The fraction of sp³-hybridized carbons (Fsp3) is 0.276. The van der Waals surface area contributed by atoms with Crippen molar-refractivity contribution in [3.63, 3.8) is 0 Å². The molecule has 1 saturated heterocycles. The molecule has 1 aliphatic carbocycles. The average Bonchev–Trinajstić information content (AvgIpc) is 3.68. The molecule has 8 heteroatoms. The molecular weight excluding hydrogens is 482 g/mol. The van der Waals surface area contributed by atoms with E-state index in [9.17, 15) is 0 Å². The van der Waals surface area contributed by atoms with Gasteiger partial charge in [0, 0.05) is 49.4 Å². The van der Waals surface area contributed by atoms with E-state index in [4.69, 9.17) is 22.3 Å². The van der Waals surface area contributed by atoms with E-state index in [1.165, 1.54) is 12.8 Å². The van der Waals surface area contributed by atoms with E-state index in [0.29, 0.717) is 17.6 Å². The fourth-order valence-electron chi connectivity index (χ4n) is 4.89. The number of benzene rings is 2. The average molecular weight is 512 g/mol. The Bertz CT molecular complexity index is 1500. The molecule has 0 spiro atoms. The molecule has 2 aromatic heterocycles. The largest absolute Gasteiger partial charge is 0.368 e. The van der Waals surface area contributed by atoms with Crippen molar-refractivity contribution in [2.45, 2.75) is 25.4 Å². The van der Waals surface area contributed by atoms with Gasteiger partial charge >= 0.3 is 0 Å². The van der Waals surface area contributed by atoms with Crippen LogP contribution in [0.5, 0.6) is 0 Å². The van der Waals surface area contributed by atoms with Gasteiger partial charge in [-0.3, -0.25) is 0 Å². The summed E-state index contributed by atoms with van der Waals surface area (Å²) < 4.78 is 1.97. The molecule has 1 aliphatic heterocycles. The van der Waals surface area contributed by atoms with Crippen LogP contribution in [0.2, 0.25) is 5.02 Å². The maximum atomic E-state index is 6.66. The van der Waals surface area contributed by atoms with Crippen LogP contribution < -0.4 is 5.73 Å². The zero-order valence-corrected chi connectivity index (χ0v) is 21.5. The smallest absolute Gasteiger partial charge is 0.128 e. The highest BCUT2D eigenvalue weighted by Gasteiger charge is 2.27. The van der Waals surface area contributed by atoms with Crippen LogP contribution in [0.15, 0.2) is 67.9 Å². The molecule has 0 radical (unpaired) electrons. The Kier molecular flexibility index (Phi) is 6.18. The van der Waals surface area contributed by atoms with Crippen LogP contribution in [-0.4, -0.2) is 56.0 Å². The van der Waals surface area contributed by atoms with Crippen LogP contribution in [0.3, 0.4) is 0 Å². The summed E-state index contributed by atoms with van der Waals surface area (Å²) in [7, 11) is 0. The molecule has 0 amide bonds. The normalized spacial score (nSPS) is 15.8. The minimum absolute atomic E-state index is 0.486. The molecule has 2 aromatic carbocycles. The molecule has 7 nitrogen and oxygen atoms in total. The van der Waals surface area contributed by atoms with Gasteiger partial charge in [-0.25, -0.2) is 9.67 Å². The van der Waals surface area contributed by atoms with Crippen LogP contribution in [0.1, 0.15) is 35.7 Å². The molecule has 0 bridgehead atoms. The van der Waals surface area contributed by atoms with Gasteiger partial charge in [0.15, 0.2) is 0 Å². The van der Waals surface area contributed by atoms with Crippen molar-refractivity contribution in [3.8, 4) is 11.3 Å². The Morgan fingerprint density at radius 3 is 2.46 bits per heavy atom. The Balaban J connectivity index is 1.17. The third-order valence-corrected chi connectivity index (χ3v) is 7.63. The summed E-state index contributed by atoms with van der Waals surface area (Å²) in [5, 5.41) is 10.2. The second-order valence-electron chi connectivity index (χ2n) is 9.81. The van der Waals surface area contributed by atoms with Gasteiger partial charge in [-0.1, -0.05) is 60.3 Å². The number of pyridine rings is 1. The van der Waals surface area contributed by atoms with Crippen molar-refractivity contribution >= 4 is 33.9 Å². The predicted molar refractivity (Wildman–Crippen MR) is 150 cm³/mol. The van der Waals surface area contributed by atoms with Gasteiger partial charge in [0.2, 0.25) is 0 Å². The number of halogens is 1. The molecule has 2 fully saturated rings. The monoisotopic (exact) mass is 511 g/mol. The molecule has 4 aromatic rings. The van der Waals surface area contributed by atoms with Gasteiger partial charge in [-0.2, -0.15) is 0 Å². The Morgan fingerprint density at radius 1 is 0.973 bits per heavy atom. The first-order valence-electron chi connectivity index (χ1n) is 12.7. The zero-order chi connectivity index (χ0) is 25.5. The van der Waals surface area contributed by atoms with Crippen molar-refractivity contribution in [3.05, 3.63) is 89.7 Å². The van der Waals surface area contributed by atoms with E-state index in [2.05, 4.69) is 51.5 Å². The molecule has 37 heavy (non-hydrogen) atoms. The molecule has 2 N–H and O–H groups in total. The standard InChI is InChI=1S/C29H30ClN7/c1-19(35-10-12-36(13-11-35)20(2)29-18-37(34-33-29)24-7-8-24)22-6-9-25-26(30)16-27(32-28(25)15-22)23-5-3-4-21(14-23)17-31/h3-6,9,14-16,18,24H,1-2,7-8,10-13,17,31H2. The van der Waals surface area contributed by atoms with Crippen LogP contribution in [0.4, 0.5) is 0 Å². The zero-order valence-electron chi connectivity index (χ0n) is 20.8. The molecule has 0 atom stereocenters. The summed E-state index contributed by atoms with van der Waals surface area (Å²) in [6, 6.07) is 16.7. The number of fused-ring (bicyclic) bond motifs is 1. The minimum atomic E-state index is 0.486. The molecule has 3 heterocycles. The molecule has 188 valence electrons. The van der Waals surface area contributed by atoms with Gasteiger partial charge in [0.1, 0.15) is 5.69 Å². The first kappa shape index (κ1) is 23.7. The lowest BCUT2D eigenvalue weighted by Crippen LogP contribution is -2.44. The number of piperazine rings is 1. The highest BCUT2D eigenvalue weighted by Crippen LogP contribution is 2.35. The van der Waals surface area contributed by atoms with Gasteiger partial charge in [-0.15, -0.1) is 5.10 Å². The summed E-state index contributed by atoms with van der Waals surface area (Å²) in [5.41, 5.74) is 13.4. The van der Waals surface area contributed by atoms with Crippen LogP contribution in [0.25, 0.3) is 33.6 Å². The van der Waals surface area contributed by atoms with E-state index < -0.39 is 0 Å². The van der Waals surface area contributed by atoms with Crippen molar-refractivity contribution < 1.29 is 0 Å². The first-order valence-corrected chi connectivity index (χ1v) is 13.1. The highest BCUT2D eigenvalue weighted by molar-refractivity contribution is 6.35. The van der Waals surface area contributed by atoms with Crippen LogP contribution in [0, 0.1) is 0 Å². The first-order chi connectivity index (χ1) is 18.0. The Hall–Kier alpha value is -3.68. The van der Waals surface area contributed by atoms with Crippen molar-refractivity contribution in [2.24, 2.45) is 5.73 Å². The summed E-state index contributed by atoms with van der Waals surface area (Å²) >= 11 is 6.66. The predicted octanol–water partition coefficient (Wildman–Crippen LogP) is 5.20. The number of nitrogens with two attached hydrogens (primary N) is 1. The lowest BCUT2D eigenvalue weighted by Gasteiger charge is -2.38. The number of rotatable bonds is 7. The van der Waals surface area contributed by atoms with E-state index in [1.807, 2.05) is 41.2 Å². The number of aromatic nitrogens is 4. The van der Waals surface area contributed by atoms with Gasteiger partial charge < -0.3 is 15.5 Å². The summed E-state index contributed by atoms with van der Waals surface area (Å²) in [5.74, 6) is 0. The molecular formula is C29H30ClN7. The van der Waals surface area contributed by atoms with E-state index in [1.54, 1.807) is 0 Å². The fourth-order valence-corrected chi connectivity index (χ4v) is 5.15. The quantitative estimate of drug-likeness (QED) is 0.367. The van der Waals surface area contributed by atoms with Crippen molar-refractivity contribution in [1.82, 2.24) is 29.8 Å². The summed E-state index contributed by atoms with van der Waals surface area (Å²) in [4.78, 5) is 9.55. The Morgan fingerprint density at radius 2 is 1.73 bits per heavy atom. The summed E-state index contributed by atoms with van der Waals surface area (Å²) in [6.45, 7) is 12.6. The molecule has 6 rings (SSSR count). The summed E-state index contributed by atoms with van der Waals surface area (Å²) in [6.07, 6.45) is 4.41. The lowest BCUT2D eigenvalue weighted by atomic mass is 10.0. The maximum absolute atomic E-state index is 6.66. The minimum Gasteiger partial charge on any atom is -0.368 e. The topological polar surface area (TPSA) is 76.1 Å². The van der Waals surface area contributed by atoms with Gasteiger partial charge in [0.25, 0.3) is 0 Å². The third kappa shape index (κ3) is 4.72. The van der Waals surface area contributed by atoms with Gasteiger partial charge in [-0.05, 0) is 42.2 Å². The number of nitrogens with zero attached hydrogens (tertiary/aromatic N) is 6. The van der Waals surface area contributed by atoms with E-state index in [-0.39, 0.29) is 0 Å². The highest BCUT2D eigenvalue weighted by atomic mass is 35.5. The number of hydrogen-bond donors (Lipinski definition) is 1. The SMILES string of the molecule is C=C(c1ccc2c(Cl)cc(-c3cccc(CN)c3)nc2c1)N1CCN(C(=C)c2cn(C3CC3)nn2)CC1. The lowest BCUT2D eigenvalue weighted by molar-refractivity contribution is 0.239. The van der Waals surface area contributed by atoms with Gasteiger partial charge in [0.05, 0.1) is 34.2 Å². The van der Waals surface area contributed by atoms with Crippen molar-refractivity contribution in [1.29, 1.82) is 0 Å². The number of hydrogen-bond acceptors (Lipinski definition) is 6. The van der Waals surface area contributed by atoms with E-state index in [0.717, 1.165) is 76.6 Å². The van der Waals surface area contributed by atoms with Crippen LogP contribution >= 0.6 is 11.6 Å². The van der Waals surface area contributed by atoms with E-state index >= 15 is 0 Å².